The number of para-hydroxylation sites is 1. The second-order valence-electron chi connectivity index (χ2n) is 7.45. The molecule has 0 saturated carbocycles. The summed E-state index contributed by atoms with van der Waals surface area (Å²) in [5.41, 5.74) is 1.35. The van der Waals surface area contributed by atoms with E-state index in [0.717, 1.165) is 0 Å². The van der Waals surface area contributed by atoms with Gasteiger partial charge in [0.25, 0.3) is 10.0 Å². The van der Waals surface area contributed by atoms with Gasteiger partial charge in [-0.05, 0) is 31.0 Å². The van der Waals surface area contributed by atoms with Crippen molar-refractivity contribution in [2.45, 2.75) is 13.3 Å². The number of rotatable bonds is 2. The summed E-state index contributed by atoms with van der Waals surface area (Å²) in [4.78, 5) is 16.3. The minimum atomic E-state index is -3.78. The van der Waals surface area contributed by atoms with Crippen LogP contribution in [0.25, 0.3) is 4.91 Å². The van der Waals surface area contributed by atoms with Gasteiger partial charge in [0.2, 0.25) is 0 Å². The average Bonchev–Trinajstić information content (AvgIpc) is 2.90. The van der Waals surface area contributed by atoms with Crippen LogP contribution < -0.4 is 5.32 Å². The van der Waals surface area contributed by atoms with Gasteiger partial charge in [0, 0.05) is 31.8 Å². The van der Waals surface area contributed by atoms with Crippen LogP contribution in [0.4, 0.5) is 14.9 Å². The Balaban J connectivity index is 1.49. The summed E-state index contributed by atoms with van der Waals surface area (Å²) >= 11 is 0. The van der Waals surface area contributed by atoms with E-state index in [1.807, 2.05) is 11.0 Å². The quantitative estimate of drug-likeness (QED) is 0.771. The number of sulfonamides is 1. The van der Waals surface area contributed by atoms with Crippen LogP contribution in [0.15, 0.2) is 64.6 Å². The number of carbonyl (C=O) groups excluding carboxylic acids is 1. The predicted octanol–water partition coefficient (Wildman–Crippen LogP) is 3.54. The fourth-order valence-electron chi connectivity index (χ4n) is 3.86. The molecule has 162 valence electrons. The maximum Gasteiger partial charge on any atom is 0.321 e. The highest BCUT2D eigenvalue weighted by Gasteiger charge is 2.34. The van der Waals surface area contributed by atoms with Gasteiger partial charge in [0.1, 0.15) is 16.6 Å². The SMILES string of the molecule is CC1=C(c2ccccc2)S(=O)(=O)N=C1N1CCCN(C(=O)Nc2ccccc2F)CC1. The Morgan fingerprint density at radius 3 is 2.45 bits per heavy atom. The molecule has 2 amide bonds. The molecule has 4 rings (SSSR count). The van der Waals surface area contributed by atoms with Gasteiger partial charge in [-0.1, -0.05) is 42.5 Å². The van der Waals surface area contributed by atoms with Crippen LogP contribution >= 0.6 is 0 Å². The number of hydrogen-bond acceptors (Lipinski definition) is 4. The third kappa shape index (κ3) is 4.32. The lowest BCUT2D eigenvalue weighted by Crippen LogP contribution is -2.39. The smallest absolute Gasteiger partial charge is 0.321 e. The van der Waals surface area contributed by atoms with Crippen LogP contribution in [0, 0.1) is 5.82 Å². The van der Waals surface area contributed by atoms with Gasteiger partial charge in [0.15, 0.2) is 0 Å². The molecule has 0 unspecified atom stereocenters. The fourth-order valence-corrected chi connectivity index (χ4v) is 5.35. The van der Waals surface area contributed by atoms with E-state index in [9.17, 15) is 17.6 Å². The molecule has 0 bridgehead atoms. The van der Waals surface area contributed by atoms with Crippen molar-refractivity contribution in [1.82, 2.24) is 9.80 Å². The van der Waals surface area contributed by atoms with Crippen LogP contribution in [-0.2, 0) is 10.0 Å². The van der Waals surface area contributed by atoms with E-state index < -0.39 is 15.8 Å². The Labute approximate surface area is 180 Å². The second-order valence-corrected chi connectivity index (χ2v) is 8.99. The molecule has 0 atom stereocenters. The first-order chi connectivity index (χ1) is 14.9. The Morgan fingerprint density at radius 1 is 1.00 bits per heavy atom. The molecule has 0 aliphatic carbocycles. The van der Waals surface area contributed by atoms with Gasteiger partial charge >= 0.3 is 6.03 Å². The van der Waals surface area contributed by atoms with Crippen molar-refractivity contribution in [3.05, 3.63) is 71.6 Å². The van der Waals surface area contributed by atoms with Crippen molar-refractivity contribution in [3.8, 4) is 0 Å². The maximum atomic E-state index is 13.8. The zero-order valence-corrected chi connectivity index (χ0v) is 17.9. The number of carbonyl (C=O) groups is 1. The molecule has 0 radical (unpaired) electrons. The minimum Gasteiger partial charge on any atom is -0.354 e. The number of anilines is 1. The van der Waals surface area contributed by atoms with E-state index in [0.29, 0.717) is 49.6 Å². The molecule has 0 spiro atoms. The molecule has 2 aliphatic heterocycles. The first kappa shape index (κ1) is 21.0. The molecule has 2 aromatic rings. The molecule has 31 heavy (non-hydrogen) atoms. The molecular formula is C22H23FN4O3S. The first-order valence-electron chi connectivity index (χ1n) is 10.0. The average molecular weight is 443 g/mol. The molecular weight excluding hydrogens is 419 g/mol. The van der Waals surface area contributed by atoms with Crippen LogP contribution in [-0.4, -0.2) is 56.3 Å². The summed E-state index contributed by atoms with van der Waals surface area (Å²) in [6.07, 6.45) is 0.637. The third-order valence-corrected chi connectivity index (χ3v) is 6.85. The van der Waals surface area contributed by atoms with Crippen molar-refractivity contribution in [2.75, 3.05) is 31.5 Å². The van der Waals surface area contributed by atoms with Gasteiger partial charge in [-0.3, -0.25) is 0 Å². The number of benzene rings is 2. The van der Waals surface area contributed by atoms with E-state index in [1.165, 1.54) is 12.1 Å². The van der Waals surface area contributed by atoms with Gasteiger partial charge in [-0.15, -0.1) is 4.40 Å². The molecule has 9 heteroatoms. The van der Waals surface area contributed by atoms with E-state index in [4.69, 9.17) is 0 Å². The first-order valence-corrected chi connectivity index (χ1v) is 11.5. The lowest BCUT2D eigenvalue weighted by atomic mass is 10.1. The Hall–Kier alpha value is -3.20. The standard InChI is InChI=1S/C22H23FN4O3S/c1-16-20(17-8-3-2-4-9-17)31(29,30)25-21(16)26-12-7-13-27(15-14-26)22(28)24-19-11-6-5-10-18(19)23/h2-6,8-11H,7,12-15H2,1H3,(H,24,28). The zero-order valence-electron chi connectivity index (χ0n) is 17.1. The van der Waals surface area contributed by atoms with Crippen molar-refractivity contribution in [2.24, 2.45) is 4.40 Å². The number of amidine groups is 1. The summed E-state index contributed by atoms with van der Waals surface area (Å²) in [6, 6.07) is 14.6. The Morgan fingerprint density at radius 2 is 1.71 bits per heavy atom. The second kappa shape index (κ2) is 8.50. The molecule has 1 saturated heterocycles. The highest BCUT2D eigenvalue weighted by molar-refractivity contribution is 8.00. The molecule has 2 heterocycles. The number of nitrogens with zero attached hydrogens (tertiary/aromatic N) is 3. The third-order valence-electron chi connectivity index (χ3n) is 5.37. The zero-order chi connectivity index (χ0) is 22.0. The predicted molar refractivity (Wildman–Crippen MR) is 119 cm³/mol. The largest absolute Gasteiger partial charge is 0.354 e. The lowest BCUT2D eigenvalue weighted by Gasteiger charge is -2.24. The van der Waals surface area contributed by atoms with Gasteiger partial charge in [-0.2, -0.15) is 8.42 Å². The highest BCUT2D eigenvalue weighted by atomic mass is 32.2. The monoisotopic (exact) mass is 442 g/mol. The highest BCUT2D eigenvalue weighted by Crippen LogP contribution is 2.33. The summed E-state index contributed by atoms with van der Waals surface area (Å²) in [5.74, 6) is -0.0674. The Bertz CT molecular complexity index is 1160. The number of amides is 2. The summed E-state index contributed by atoms with van der Waals surface area (Å²) in [7, 11) is -3.78. The minimum absolute atomic E-state index is 0.131. The van der Waals surface area contributed by atoms with Gasteiger partial charge < -0.3 is 15.1 Å². The fraction of sp³-hybridized carbons (Fsp3) is 0.273. The van der Waals surface area contributed by atoms with Gasteiger partial charge in [-0.25, -0.2) is 9.18 Å². The van der Waals surface area contributed by atoms with Crippen LogP contribution in [0.2, 0.25) is 0 Å². The number of hydrogen-bond donors (Lipinski definition) is 1. The molecule has 1 fully saturated rings. The molecule has 0 aromatic heterocycles. The maximum absolute atomic E-state index is 13.8. The molecule has 7 nitrogen and oxygen atoms in total. The van der Waals surface area contributed by atoms with E-state index in [-0.39, 0.29) is 16.6 Å². The van der Waals surface area contributed by atoms with Gasteiger partial charge in [0.05, 0.1) is 5.69 Å². The molecule has 2 aromatic carbocycles. The van der Waals surface area contributed by atoms with Crippen molar-refractivity contribution >= 4 is 32.5 Å². The lowest BCUT2D eigenvalue weighted by molar-refractivity contribution is 0.214. The molecule has 2 aliphatic rings. The number of halogens is 1. The van der Waals surface area contributed by atoms with E-state index >= 15 is 0 Å². The van der Waals surface area contributed by atoms with E-state index in [2.05, 4.69) is 9.71 Å². The van der Waals surface area contributed by atoms with Crippen LogP contribution in [0.5, 0.6) is 0 Å². The van der Waals surface area contributed by atoms with Crippen molar-refractivity contribution in [3.63, 3.8) is 0 Å². The summed E-state index contributed by atoms with van der Waals surface area (Å²) < 4.78 is 43.4. The topological polar surface area (TPSA) is 82.1 Å². The van der Waals surface area contributed by atoms with Crippen molar-refractivity contribution in [1.29, 1.82) is 0 Å². The summed E-state index contributed by atoms with van der Waals surface area (Å²) in [5, 5.41) is 2.60. The Kier molecular flexibility index (Phi) is 5.77. The van der Waals surface area contributed by atoms with Crippen molar-refractivity contribution < 1.29 is 17.6 Å². The summed E-state index contributed by atoms with van der Waals surface area (Å²) in [6.45, 7) is 3.60. The number of urea groups is 1. The molecule has 1 N–H and O–H groups in total. The number of nitrogens with one attached hydrogen (secondary N) is 1. The normalized spacial score (nSPS) is 18.6. The van der Waals surface area contributed by atoms with Crippen LogP contribution in [0.1, 0.15) is 18.9 Å². The van der Waals surface area contributed by atoms with E-state index in [1.54, 1.807) is 48.2 Å². The van der Waals surface area contributed by atoms with Crippen LogP contribution in [0.3, 0.4) is 0 Å².